The monoisotopic (exact) mass is 433 g/mol. The molecular weight excluding hydrogens is 406 g/mol. The summed E-state index contributed by atoms with van der Waals surface area (Å²) in [7, 11) is 0. The molecule has 7 nitrogen and oxygen atoms in total. The lowest BCUT2D eigenvalue weighted by Crippen LogP contribution is -2.38. The van der Waals surface area contributed by atoms with Crippen LogP contribution in [0.15, 0.2) is 61.1 Å². The van der Waals surface area contributed by atoms with Gasteiger partial charge in [0, 0.05) is 18.5 Å². The predicted octanol–water partition coefficient (Wildman–Crippen LogP) is 3.89. The van der Waals surface area contributed by atoms with E-state index in [0.717, 1.165) is 11.1 Å². The molecule has 1 heterocycles. The zero-order valence-electron chi connectivity index (χ0n) is 18.4. The number of ether oxygens (including phenoxy) is 2. The van der Waals surface area contributed by atoms with Crippen LogP contribution in [0.5, 0.6) is 0 Å². The third-order valence-corrected chi connectivity index (χ3v) is 5.32. The fourth-order valence-electron chi connectivity index (χ4n) is 3.92. The van der Waals surface area contributed by atoms with Crippen molar-refractivity contribution in [3.05, 3.63) is 77.9 Å². The number of nitrogens with zero attached hydrogens (tertiary/aromatic N) is 2. The van der Waals surface area contributed by atoms with Crippen molar-refractivity contribution in [1.29, 1.82) is 0 Å². The molecule has 0 bridgehead atoms. The smallest absolute Gasteiger partial charge is 0.419 e. The van der Waals surface area contributed by atoms with Gasteiger partial charge in [-0.2, -0.15) is 0 Å². The third-order valence-electron chi connectivity index (χ3n) is 5.32. The number of aromatic nitrogens is 2. The van der Waals surface area contributed by atoms with E-state index in [0.29, 0.717) is 5.69 Å². The zero-order chi connectivity index (χ0) is 22.9. The Kier molecular flexibility index (Phi) is 5.84. The zero-order valence-corrected chi connectivity index (χ0v) is 18.4. The molecule has 166 valence electrons. The quantitative estimate of drug-likeness (QED) is 0.613. The van der Waals surface area contributed by atoms with Gasteiger partial charge in [0.2, 0.25) is 0 Å². The van der Waals surface area contributed by atoms with Gasteiger partial charge in [-0.05, 0) is 43.0 Å². The number of benzene rings is 2. The van der Waals surface area contributed by atoms with Crippen molar-refractivity contribution in [1.82, 2.24) is 9.55 Å². The van der Waals surface area contributed by atoms with Crippen LogP contribution in [0, 0.1) is 0 Å². The molecule has 0 fully saturated rings. The SMILES string of the molecule is CC(C)(C)OC(=O)[C@@H](N)Cc1cn(C(=O)OCC2c3ccccc3-c3ccccc32)cn1. The number of hydrogen-bond acceptors (Lipinski definition) is 6. The van der Waals surface area contributed by atoms with Crippen LogP contribution in [0.3, 0.4) is 0 Å². The lowest BCUT2D eigenvalue weighted by Gasteiger charge is -2.21. The van der Waals surface area contributed by atoms with Crippen molar-refractivity contribution in [2.75, 3.05) is 6.61 Å². The summed E-state index contributed by atoms with van der Waals surface area (Å²) in [6.45, 7) is 5.56. The first-order valence-electron chi connectivity index (χ1n) is 10.6. The van der Waals surface area contributed by atoms with E-state index in [2.05, 4.69) is 29.2 Å². The van der Waals surface area contributed by atoms with Gasteiger partial charge in [0.1, 0.15) is 24.6 Å². The van der Waals surface area contributed by atoms with Crippen LogP contribution in [0.25, 0.3) is 11.1 Å². The molecule has 2 N–H and O–H groups in total. The normalized spacial score (nSPS) is 13.9. The Labute approximate surface area is 187 Å². The summed E-state index contributed by atoms with van der Waals surface area (Å²) < 4.78 is 12.2. The summed E-state index contributed by atoms with van der Waals surface area (Å²) in [5, 5.41) is 0. The minimum absolute atomic E-state index is 0.0186. The van der Waals surface area contributed by atoms with Crippen LogP contribution in [-0.4, -0.2) is 39.9 Å². The molecule has 0 saturated carbocycles. The molecule has 0 amide bonds. The lowest BCUT2D eigenvalue weighted by molar-refractivity contribution is -0.156. The van der Waals surface area contributed by atoms with E-state index in [-0.39, 0.29) is 18.9 Å². The minimum Gasteiger partial charge on any atom is -0.459 e. The van der Waals surface area contributed by atoms with Crippen molar-refractivity contribution >= 4 is 12.1 Å². The minimum atomic E-state index is -0.861. The van der Waals surface area contributed by atoms with Gasteiger partial charge in [0.25, 0.3) is 0 Å². The summed E-state index contributed by atoms with van der Waals surface area (Å²) in [6, 6.07) is 15.5. The number of hydrogen-bond donors (Lipinski definition) is 1. The van der Waals surface area contributed by atoms with E-state index in [9.17, 15) is 9.59 Å². The second-order valence-electron chi connectivity index (χ2n) is 8.92. The van der Waals surface area contributed by atoms with E-state index in [1.54, 1.807) is 20.8 Å². The highest BCUT2D eigenvalue weighted by atomic mass is 16.6. The van der Waals surface area contributed by atoms with Gasteiger partial charge in [-0.3, -0.25) is 4.79 Å². The van der Waals surface area contributed by atoms with Crippen LogP contribution in [0.1, 0.15) is 43.5 Å². The lowest BCUT2D eigenvalue weighted by atomic mass is 9.98. The molecule has 0 unspecified atom stereocenters. The average molecular weight is 434 g/mol. The van der Waals surface area contributed by atoms with Gasteiger partial charge < -0.3 is 15.2 Å². The Morgan fingerprint density at radius 1 is 1.06 bits per heavy atom. The molecular formula is C25H27N3O4. The maximum absolute atomic E-state index is 12.6. The largest absolute Gasteiger partial charge is 0.459 e. The molecule has 1 aliphatic carbocycles. The number of nitrogens with two attached hydrogens (primary N) is 1. The fourth-order valence-corrected chi connectivity index (χ4v) is 3.92. The second kappa shape index (κ2) is 8.59. The third kappa shape index (κ3) is 4.57. The summed E-state index contributed by atoms with van der Waals surface area (Å²) in [5.74, 6) is -0.525. The maximum atomic E-state index is 12.6. The first-order chi connectivity index (χ1) is 15.2. The first kappa shape index (κ1) is 21.8. The van der Waals surface area contributed by atoms with Gasteiger partial charge in [-0.15, -0.1) is 0 Å². The topological polar surface area (TPSA) is 96.4 Å². The molecule has 0 radical (unpaired) electrons. The number of rotatable bonds is 5. The van der Waals surface area contributed by atoms with E-state index >= 15 is 0 Å². The summed E-state index contributed by atoms with van der Waals surface area (Å²) in [6.07, 6.45) is 2.54. The van der Waals surface area contributed by atoms with Crippen LogP contribution in [-0.2, 0) is 20.7 Å². The molecule has 4 rings (SSSR count). The van der Waals surface area contributed by atoms with Gasteiger partial charge in [0.05, 0.1) is 5.69 Å². The van der Waals surface area contributed by atoms with Gasteiger partial charge in [-0.1, -0.05) is 48.5 Å². The molecule has 1 aliphatic rings. The summed E-state index contributed by atoms with van der Waals surface area (Å²) in [5.41, 5.74) is 10.5. The van der Waals surface area contributed by atoms with Crippen LogP contribution in [0.2, 0.25) is 0 Å². The van der Waals surface area contributed by atoms with Crippen molar-refractivity contribution in [2.24, 2.45) is 5.73 Å². The van der Waals surface area contributed by atoms with Crippen molar-refractivity contribution in [3.8, 4) is 11.1 Å². The summed E-state index contributed by atoms with van der Waals surface area (Å²) in [4.78, 5) is 28.9. The van der Waals surface area contributed by atoms with Crippen molar-refractivity contribution < 1.29 is 19.1 Å². The number of imidazole rings is 1. The van der Waals surface area contributed by atoms with Crippen molar-refractivity contribution in [3.63, 3.8) is 0 Å². The number of carbonyl (C=O) groups is 2. The van der Waals surface area contributed by atoms with Crippen LogP contribution < -0.4 is 5.73 Å². The molecule has 1 atom stereocenters. The second-order valence-corrected chi connectivity index (χ2v) is 8.92. The molecule has 2 aromatic carbocycles. The Balaban J connectivity index is 1.40. The molecule has 7 heteroatoms. The Morgan fingerprint density at radius 3 is 2.25 bits per heavy atom. The number of fused-ring (bicyclic) bond motifs is 3. The van der Waals surface area contributed by atoms with Gasteiger partial charge >= 0.3 is 12.1 Å². The molecule has 0 aliphatic heterocycles. The molecule has 32 heavy (non-hydrogen) atoms. The van der Waals surface area contributed by atoms with Crippen LogP contribution in [0.4, 0.5) is 4.79 Å². The highest BCUT2D eigenvalue weighted by molar-refractivity contribution is 5.79. The first-order valence-corrected chi connectivity index (χ1v) is 10.6. The van der Waals surface area contributed by atoms with E-state index in [1.807, 2.05) is 24.3 Å². The standard InChI is InChI=1S/C25H27N3O4/c1-25(2,3)32-23(29)22(26)12-16-13-28(15-27-16)24(30)31-14-21-19-10-6-4-8-17(19)18-9-5-7-11-20(18)21/h4-11,13,15,21-22H,12,14,26H2,1-3H3/t22-/m0/s1. The number of carbonyl (C=O) groups excluding carboxylic acids is 2. The Hall–Kier alpha value is -3.45. The van der Waals surface area contributed by atoms with E-state index < -0.39 is 23.7 Å². The fraction of sp³-hybridized carbons (Fsp3) is 0.320. The highest BCUT2D eigenvalue weighted by Gasteiger charge is 2.29. The Bertz CT molecular complexity index is 1100. The van der Waals surface area contributed by atoms with Crippen LogP contribution >= 0.6 is 0 Å². The van der Waals surface area contributed by atoms with E-state index in [4.69, 9.17) is 15.2 Å². The average Bonchev–Trinajstić information content (AvgIpc) is 3.34. The Morgan fingerprint density at radius 2 is 1.66 bits per heavy atom. The molecule has 1 aromatic heterocycles. The van der Waals surface area contributed by atoms with Gasteiger partial charge in [-0.25, -0.2) is 14.3 Å². The summed E-state index contributed by atoms with van der Waals surface area (Å²) >= 11 is 0. The highest BCUT2D eigenvalue weighted by Crippen LogP contribution is 2.44. The molecule has 0 saturated heterocycles. The van der Waals surface area contributed by atoms with Crippen molar-refractivity contribution in [2.45, 2.75) is 44.8 Å². The number of esters is 1. The van der Waals surface area contributed by atoms with Gasteiger partial charge in [0.15, 0.2) is 0 Å². The predicted molar refractivity (Wildman–Crippen MR) is 120 cm³/mol. The molecule has 3 aromatic rings. The maximum Gasteiger partial charge on any atom is 0.419 e. The van der Waals surface area contributed by atoms with E-state index in [1.165, 1.54) is 28.2 Å². The molecule has 0 spiro atoms.